The van der Waals surface area contributed by atoms with Gasteiger partial charge in [0.15, 0.2) is 23.0 Å². The van der Waals surface area contributed by atoms with Gasteiger partial charge in [0.1, 0.15) is 12.1 Å². The molecule has 3 aromatic heterocycles. The first-order chi connectivity index (χ1) is 20.6. The summed E-state index contributed by atoms with van der Waals surface area (Å²) in [5.74, 6) is 3.46. The third kappa shape index (κ3) is 4.11. The predicted molar refractivity (Wildman–Crippen MR) is 155 cm³/mol. The molecule has 7 rings (SSSR count). The highest BCUT2D eigenvalue weighted by atomic mass is 16.5. The van der Waals surface area contributed by atoms with Crippen molar-refractivity contribution in [2.24, 2.45) is 0 Å². The first-order valence-corrected chi connectivity index (χ1v) is 13.5. The molecule has 42 heavy (non-hydrogen) atoms. The number of para-hydroxylation sites is 2. The fourth-order valence-corrected chi connectivity index (χ4v) is 5.63. The smallest absolute Gasteiger partial charge is 0.230 e. The fraction of sp³-hybridized carbons (Fsp3) is 0.188. The number of rotatable bonds is 7. The lowest BCUT2D eigenvalue weighted by atomic mass is 9.84. The van der Waals surface area contributed by atoms with Crippen LogP contribution in [0.5, 0.6) is 29.0 Å². The molecule has 0 saturated carbocycles. The van der Waals surface area contributed by atoms with Crippen LogP contribution in [0.1, 0.15) is 39.7 Å². The fourth-order valence-electron chi connectivity index (χ4n) is 5.63. The second kappa shape index (κ2) is 10.2. The summed E-state index contributed by atoms with van der Waals surface area (Å²) in [7, 11) is 4.92. The van der Waals surface area contributed by atoms with E-state index in [0.717, 1.165) is 39.4 Å². The summed E-state index contributed by atoms with van der Waals surface area (Å²) in [6, 6.07) is 23.7. The van der Waals surface area contributed by atoms with E-state index in [1.807, 2.05) is 78.3 Å². The summed E-state index contributed by atoms with van der Waals surface area (Å²) >= 11 is 0. The van der Waals surface area contributed by atoms with Crippen molar-refractivity contribution >= 4 is 5.65 Å². The van der Waals surface area contributed by atoms with Crippen LogP contribution in [0.15, 0.2) is 79.1 Å². The zero-order chi connectivity index (χ0) is 28.8. The first kappa shape index (κ1) is 25.6. The van der Waals surface area contributed by atoms with Gasteiger partial charge >= 0.3 is 0 Å². The Hall–Kier alpha value is -5.38. The zero-order valence-electron chi connectivity index (χ0n) is 23.6. The van der Waals surface area contributed by atoms with Crippen LogP contribution >= 0.6 is 0 Å². The Balaban J connectivity index is 1.41. The van der Waals surface area contributed by atoms with E-state index in [-0.39, 0.29) is 5.92 Å². The summed E-state index contributed by atoms with van der Waals surface area (Å²) in [6.07, 6.45) is 2.13. The van der Waals surface area contributed by atoms with Gasteiger partial charge in [0.25, 0.3) is 0 Å². The van der Waals surface area contributed by atoms with Crippen LogP contribution in [0.2, 0.25) is 0 Å². The molecule has 0 saturated heterocycles. The number of benzene rings is 3. The van der Waals surface area contributed by atoms with Crippen molar-refractivity contribution in [1.82, 2.24) is 29.4 Å². The Kier molecular flexibility index (Phi) is 6.23. The normalized spacial score (nSPS) is 13.8. The van der Waals surface area contributed by atoms with E-state index >= 15 is 0 Å². The van der Waals surface area contributed by atoms with E-state index in [9.17, 15) is 0 Å². The number of aromatic nitrogens is 6. The van der Waals surface area contributed by atoms with E-state index < -0.39 is 0 Å². The number of ether oxygens (including phenoxy) is 4. The molecule has 0 fully saturated rings. The van der Waals surface area contributed by atoms with Crippen molar-refractivity contribution in [1.29, 1.82) is 0 Å². The molecule has 0 aliphatic carbocycles. The molecule has 0 bridgehead atoms. The van der Waals surface area contributed by atoms with E-state index in [2.05, 4.69) is 6.07 Å². The van der Waals surface area contributed by atoms with E-state index in [4.69, 9.17) is 39.1 Å². The largest absolute Gasteiger partial charge is 0.496 e. The van der Waals surface area contributed by atoms with E-state index in [1.54, 1.807) is 32.2 Å². The SMILES string of the molecule is COc1ccc(Cc2nc3c4c(ncn3n2)Oc2c(c(C)nn2-c2ccccc2)C4c2ccccc2OC)cc1OC. The van der Waals surface area contributed by atoms with Gasteiger partial charge in [-0.05, 0) is 42.8 Å². The van der Waals surface area contributed by atoms with Gasteiger partial charge in [-0.25, -0.2) is 19.2 Å². The number of aryl methyl sites for hydroxylation is 1. The summed E-state index contributed by atoms with van der Waals surface area (Å²) in [5.41, 5.74) is 6.06. The summed E-state index contributed by atoms with van der Waals surface area (Å²) < 4.78 is 26.8. The summed E-state index contributed by atoms with van der Waals surface area (Å²) in [6.45, 7) is 1.99. The molecule has 10 heteroatoms. The van der Waals surface area contributed by atoms with Gasteiger partial charge in [0.2, 0.25) is 11.8 Å². The molecule has 1 unspecified atom stereocenters. The number of methoxy groups -OCH3 is 3. The molecule has 210 valence electrons. The maximum absolute atomic E-state index is 6.54. The van der Waals surface area contributed by atoms with Crippen molar-refractivity contribution in [2.45, 2.75) is 19.3 Å². The lowest BCUT2D eigenvalue weighted by Gasteiger charge is -2.27. The molecular formula is C32H28N6O4. The van der Waals surface area contributed by atoms with Crippen molar-refractivity contribution in [2.75, 3.05) is 21.3 Å². The molecule has 10 nitrogen and oxygen atoms in total. The standard InChI is InChI=1S/C32H28N6O4/c1-19-27-28(22-12-8-9-13-23(22)39-2)29-30-34-26(17-20-14-15-24(40-3)25(16-20)41-4)36-37(30)18-33-31(29)42-32(27)38(35-19)21-10-6-5-7-11-21/h5-16,18,28H,17H2,1-4H3. The maximum atomic E-state index is 6.54. The molecule has 3 aromatic carbocycles. The third-order valence-corrected chi connectivity index (χ3v) is 7.52. The summed E-state index contributed by atoms with van der Waals surface area (Å²) in [4.78, 5) is 9.72. The van der Waals surface area contributed by atoms with Crippen LogP contribution in [0.25, 0.3) is 11.3 Å². The molecule has 4 heterocycles. The Morgan fingerprint density at radius 2 is 1.57 bits per heavy atom. The van der Waals surface area contributed by atoms with Gasteiger partial charge in [-0.15, -0.1) is 5.10 Å². The van der Waals surface area contributed by atoms with Crippen molar-refractivity contribution in [3.63, 3.8) is 0 Å². The molecule has 0 amide bonds. The van der Waals surface area contributed by atoms with Crippen LogP contribution in [0.4, 0.5) is 0 Å². The van der Waals surface area contributed by atoms with Crippen molar-refractivity contribution in [3.05, 3.63) is 113 Å². The van der Waals surface area contributed by atoms with Crippen LogP contribution in [-0.4, -0.2) is 50.7 Å². The molecule has 0 radical (unpaired) electrons. The van der Waals surface area contributed by atoms with E-state index in [0.29, 0.717) is 41.2 Å². The highest BCUT2D eigenvalue weighted by Gasteiger charge is 2.39. The highest BCUT2D eigenvalue weighted by molar-refractivity contribution is 5.67. The summed E-state index contributed by atoms with van der Waals surface area (Å²) in [5, 5.41) is 9.69. The van der Waals surface area contributed by atoms with E-state index in [1.165, 1.54) is 0 Å². The Labute approximate surface area is 242 Å². The van der Waals surface area contributed by atoms with Gasteiger partial charge in [-0.2, -0.15) is 5.10 Å². The second-order valence-corrected chi connectivity index (χ2v) is 9.95. The predicted octanol–water partition coefficient (Wildman–Crippen LogP) is 5.52. The molecule has 1 aliphatic rings. The molecule has 1 atom stereocenters. The van der Waals surface area contributed by atoms with Crippen LogP contribution in [-0.2, 0) is 6.42 Å². The molecule has 1 aliphatic heterocycles. The second-order valence-electron chi connectivity index (χ2n) is 9.95. The van der Waals surface area contributed by atoms with Crippen LogP contribution < -0.4 is 18.9 Å². The minimum Gasteiger partial charge on any atom is -0.496 e. The average Bonchev–Trinajstić information content (AvgIpc) is 3.60. The molecule has 0 N–H and O–H groups in total. The minimum absolute atomic E-state index is 0.313. The highest BCUT2D eigenvalue weighted by Crippen LogP contribution is 2.51. The Morgan fingerprint density at radius 3 is 2.36 bits per heavy atom. The molecule has 0 spiro atoms. The van der Waals surface area contributed by atoms with Gasteiger partial charge in [-0.3, -0.25) is 0 Å². The monoisotopic (exact) mass is 560 g/mol. The quantitative estimate of drug-likeness (QED) is 0.251. The number of hydrogen-bond acceptors (Lipinski definition) is 8. The van der Waals surface area contributed by atoms with Crippen molar-refractivity contribution < 1.29 is 18.9 Å². The lowest BCUT2D eigenvalue weighted by Crippen LogP contribution is -2.16. The third-order valence-electron chi connectivity index (χ3n) is 7.52. The topological polar surface area (TPSA) is 97.8 Å². The maximum Gasteiger partial charge on any atom is 0.230 e. The number of nitrogens with zero attached hydrogens (tertiary/aromatic N) is 6. The lowest BCUT2D eigenvalue weighted by molar-refractivity contribution is 0.354. The minimum atomic E-state index is -0.313. The Morgan fingerprint density at radius 1 is 0.810 bits per heavy atom. The molecular weight excluding hydrogens is 532 g/mol. The van der Waals surface area contributed by atoms with Crippen LogP contribution in [0.3, 0.4) is 0 Å². The first-order valence-electron chi connectivity index (χ1n) is 13.5. The van der Waals surface area contributed by atoms with Gasteiger partial charge in [0.05, 0.1) is 49.8 Å². The molecule has 6 aromatic rings. The van der Waals surface area contributed by atoms with Crippen LogP contribution in [0, 0.1) is 6.92 Å². The Bertz CT molecular complexity index is 1930. The number of hydrogen-bond donors (Lipinski definition) is 0. The van der Waals surface area contributed by atoms with Gasteiger partial charge < -0.3 is 18.9 Å². The average molecular weight is 561 g/mol. The number of fused-ring (bicyclic) bond motifs is 4. The van der Waals surface area contributed by atoms with Gasteiger partial charge in [0, 0.05) is 12.0 Å². The van der Waals surface area contributed by atoms with Crippen molar-refractivity contribution in [3.8, 4) is 34.7 Å². The van der Waals surface area contributed by atoms with Gasteiger partial charge in [-0.1, -0.05) is 42.5 Å². The zero-order valence-corrected chi connectivity index (χ0v) is 23.6.